The molecule has 0 saturated carbocycles. The highest BCUT2D eigenvalue weighted by Gasteiger charge is 2.04. The van der Waals surface area contributed by atoms with Crippen molar-refractivity contribution in [3.05, 3.63) is 54.1 Å². The highest BCUT2D eigenvalue weighted by Crippen LogP contribution is 2.16. The van der Waals surface area contributed by atoms with Crippen LogP contribution in [0.25, 0.3) is 0 Å². The van der Waals surface area contributed by atoms with Crippen LogP contribution in [0.15, 0.2) is 48.5 Å². The van der Waals surface area contributed by atoms with E-state index in [1.54, 1.807) is 24.3 Å². The van der Waals surface area contributed by atoms with Gasteiger partial charge in [-0.3, -0.25) is 9.59 Å². The van der Waals surface area contributed by atoms with Gasteiger partial charge in [0.15, 0.2) is 5.78 Å². The van der Waals surface area contributed by atoms with Gasteiger partial charge in [0.2, 0.25) is 5.91 Å². The fraction of sp³-hybridized carbons (Fsp3) is 0.300. The van der Waals surface area contributed by atoms with Gasteiger partial charge in [-0.15, -0.1) is 0 Å². The van der Waals surface area contributed by atoms with Crippen LogP contribution in [-0.4, -0.2) is 24.9 Å². The Labute approximate surface area is 148 Å². The van der Waals surface area contributed by atoms with Crippen LogP contribution in [0.3, 0.4) is 0 Å². The summed E-state index contributed by atoms with van der Waals surface area (Å²) in [6.07, 6.45) is 0.982. The van der Waals surface area contributed by atoms with Gasteiger partial charge < -0.3 is 14.8 Å². The molecule has 132 valence electrons. The van der Waals surface area contributed by atoms with E-state index in [1.807, 2.05) is 31.2 Å². The lowest BCUT2D eigenvalue weighted by Crippen LogP contribution is -2.12. The molecule has 25 heavy (non-hydrogen) atoms. The molecule has 0 aliphatic carbocycles. The summed E-state index contributed by atoms with van der Waals surface area (Å²) in [5.74, 6) is 1.44. The molecule has 0 aliphatic rings. The Morgan fingerprint density at radius 2 is 1.52 bits per heavy atom. The van der Waals surface area contributed by atoms with E-state index in [-0.39, 0.29) is 11.7 Å². The lowest BCUT2D eigenvalue weighted by molar-refractivity contribution is -0.116. The maximum atomic E-state index is 11.9. The number of nitrogens with one attached hydrogen (secondary N) is 1. The largest absolute Gasteiger partial charge is 0.494 e. The van der Waals surface area contributed by atoms with E-state index in [2.05, 4.69) is 5.32 Å². The number of hydrogen-bond donors (Lipinski definition) is 1. The van der Waals surface area contributed by atoms with E-state index in [0.717, 1.165) is 11.4 Å². The molecule has 2 rings (SSSR count). The summed E-state index contributed by atoms with van der Waals surface area (Å²) in [6, 6.07) is 14.3. The summed E-state index contributed by atoms with van der Waals surface area (Å²) in [7, 11) is 0. The van der Waals surface area contributed by atoms with Crippen LogP contribution >= 0.6 is 0 Å². The molecule has 5 nitrogen and oxygen atoms in total. The number of carbonyl (C=O) groups excluding carboxylic acids is 2. The van der Waals surface area contributed by atoms with Crippen molar-refractivity contribution >= 4 is 17.4 Å². The number of anilines is 1. The Morgan fingerprint density at radius 3 is 2.12 bits per heavy atom. The Bertz CT molecular complexity index is 693. The maximum Gasteiger partial charge on any atom is 0.224 e. The Hall–Kier alpha value is -2.82. The molecule has 0 heterocycles. The molecular formula is C20H23NO4. The van der Waals surface area contributed by atoms with Crippen LogP contribution in [0.4, 0.5) is 5.69 Å². The third-order valence-electron chi connectivity index (χ3n) is 3.53. The van der Waals surface area contributed by atoms with Crippen LogP contribution in [0.5, 0.6) is 11.5 Å². The molecule has 0 radical (unpaired) electrons. The van der Waals surface area contributed by atoms with Crippen molar-refractivity contribution < 1.29 is 19.1 Å². The van der Waals surface area contributed by atoms with Crippen molar-refractivity contribution in [1.82, 2.24) is 0 Å². The number of rotatable bonds is 9. The lowest BCUT2D eigenvalue weighted by atomic mass is 10.1. The third kappa shape index (κ3) is 6.30. The van der Waals surface area contributed by atoms with E-state index in [4.69, 9.17) is 9.47 Å². The van der Waals surface area contributed by atoms with Crippen molar-refractivity contribution in [2.24, 2.45) is 0 Å². The molecule has 0 aliphatic heterocycles. The number of hydrogen-bond acceptors (Lipinski definition) is 4. The second-order valence-corrected chi connectivity index (χ2v) is 5.54. The lowest BCUT2D eigenvalue weighted by Gasteiger charge is -2.08. The van der Waals surface area contributed by atoms with E-state index < -0.39 is 0 Å². The van der Waals surface area contributed by atoms with E-state index >= 15 is 0 Å². The number of Topliss-reactive ketones (excluding diaryl/α,β-unsaturated/α-hetero) is 1. The topological polar surface area (TPSA) is 64.6 Å². The van der Waals surface area contributed by atoms with Gasteiger partial charge in [-0.05, 0) is 68.8 Å². The molecule has 0 spiro atoms. The zero-order valence-corrected chi connectivity index (χ0v) is 14.6. The summed E-state index contributed by atoms with van der Waals surface area (Å²) in [5, 5.41) is 2.84. The van der Waals surface area contributed by atoms with Crippen molar-refractivity contribution in [1.29, 1.82) is 0 Å². The number of ketones is 1. The summed E-state index contributed by atoms with van der Waals surface area (Å²) < 4.78 is 10.9. The molecule has 1 N–H and O–H groups in total. The molecular weight excluding hydrogens is 318 g/mol. The van der Waals surface area contributed by atoms with Crippen LogP contribution in [-0.2, 0) is 4.79 Å². The van der Waals surface area contributed by atoms with Gasteiger partial charge in [-0.1, -0.05) is 0 Å². The summed E-state index contributed by atoms with van der Waals surface area (Å²) in [6.45, 7) is 4.51. The highest BCUT2D eigenvalue weighted by molar-refractivity contribution is 5.94. The summed E-state index contributed by atoms with van der Waals surface area (Å²) >= 11 is 0. The monoisotopic (exact) mass is 341 g/mol. The van der Waals surface area contributed by atoms with Gasteiger partial charge in [0.1, 0.15) is 11.5 Å². The first-order chi connectivity index (χ1) is 12.1. The number of benzene rings is 2. The van der Waals surface area contributed by atoms with Crippen LogP contribution in [0, 0.1) is 0 Å². The van der Waals surface area contributed by atoms with Crippen molar-refractivity contribution in [3.8, 4) is 11.5 Å². The number of ether oxygens (including phenoxy) is 2. The van der Waals surface area contributed by atoms with E-state index in [1.165, 1.54) is 6.92 Å². The molecule has 0 fully saturated rings. The Balaban J connectivity index is 1.68. The fourth-order valence-corrected chi connectivity index (χ4v) is 2.23. The first kappa shape index (κ1) is 18.5. The quantitative estimate of drug-likeness (QED) is 0.551. The first-order valence-electron chi connectivity index (χ1n) is 8.35. The van der Waals surface area contributed by atoms with Crippen LogP contribution < -0.4 is 14.8 Å². The standard InChI is InChI=1S/C20H23NO4/c1-3-24-18-12-8-17(9-13-18)21-20(23)5-4-14-25-19-10-6-16(7-11-19)15(2)22/h6-13H,3-5,14H2,1-2H3,(H,21,23). The SMILES string of the molecule is CCOc1ccc(NC(=O)CCCOc2ccc(C(C)=O)cc2)cc1. The van der Waals surface area contributed by atoms with Gasteiger partial charge in [0, 0.05) is 17.7 Å². The Kier molecular flexibility index (Phi) is 7.01. The van der Waals surface area contributed by atoms with Gasteiger partial charge in [-0.25, -0.2) is 0 Å². The molecule has 0 aromatic heterocycles. The molecule has 0 bridgehead atoms. The smallest absolute Gasteiger partial charge is 0.224 e. The van der Waals surface area contributed by atoms with Crippen LogP contribution in [0.1, 0.15) is 37.0 Å². The second-order valence-electron chi connectivity index (χ2n) is 5.54. The van der Waals surface area contributed by atoms with Crippen LogP contribution in [0.2, 0.25) is 0 Å². The normalized spacial score (nSPS) is 10.2. The zero-order chi connectivity index (χ0) is 18.1. The molecule has 0 saturated heterocycles. The van der Waals surface area contributed by atoms with Crippen molar-refractivity contribution in [3.63, 3.8) is 0 Å². The predicted octanol–water partition coefficient (Wildman–Crippen LogP) is 4.09. The minimum atomic E-state index is -0.0558. The average molecular weight is 341 g/mol. The van der Waals surface area contributed by atoms with Gasteiger partial charge >= 0.3 is 0 Å². The molecule has 1 amide bonds. The molecule has 2 aromatic carbocycles. The predicted molar refractivity (Wildman–Crippen MR) is 97.4 cm³/mol. The highest BCUT2D eigenvalue weighted by atomic mass is 16.5. The molecule has 2 aromatic rings. The van der Waals surface area contributed by atoms with Gasteiger partial charge in [0.05, 0.1) is 13.2 Å². The minimum absolute atomic E-state index is 0.0255. The van der Waals surface area contributed by atoms with Crippen molar-refractivity contribution in [2.45, 2.75) is 26.7 Å². The first-order valence-corrected chi connectivity index (χ1v) is 8.35. The molecule has 0 atom stereocenters. The van der Waals surface area contributed by atoms with Crippen molar-refractivity contribution in [2.75, 3.05) is 18.5 Å². The zero-order valence-electron chi connectivity index (χ0n) is 14.6. The molecule has 0 unspecified atom stereocenters. The molecule has 5 heteroatoms. The average Bonchev–Trinajstić information content (AvgIpc) is 2.61. The second kappa shape index (κ2) is 9.47. The summed E-state index contributed by atoms with van der Waals surface area (Å²) in [5.41, 5.74) is 1.40. The van der Waals surface area contributed by atoms with E-state index in [0.29, 0.717) is 37.4 Å². The van der Waals surface area contributed by atoms with E-state index in [9.17, 15) is 9.59 Å². The Morgan fingerprint density at radius 1 is 0.920 bits per heavy atom. The third-order valence-corrected chi connectivity index (χ3v) is 3.53. The minimum Gasteiger partial charge on any atom is -0.494 e. The van der Waals surface area contributed by atoms with Gasteiger partial charge in [-0.2, -0.15) is 0 Å². The number of amides is 1. The fourth-order valence-electron chi connectivity index (χ4n) is 2.23. The maximum absolute atomic E-state index is 11.9. The number of carbonyl (C=O) groups is 2. The summed E-state index contributed by atoms with van der Waals surface area (Å²) in [4.78, 5) is 23.1. The van der Waals surface area contributed by atoms with Gasteiger partial charge in [0.25, 0.3) is 0 Å².